The Bertz CT molecular complexity index is 791. The van der Waals surface area contributed by atoms with Gasteiger partial charge in [-0.2, -0.15) is 5.10 Å². The maximum atomic E-state index is 8.66. The van der Waals surface area contributed by atoms with Crippen LogP contribution in [0.3, 0.4) is 0 Å². The minimum absolute atomic E-state index is 0.0344. The largest absolute Gasteiger partial charge is 0.397 e. The summed E-state index contributed by atoms with van der Waals surface area (Å²) in [4.78, 5) is 0. The molecule has 6 N–H and O–H groups in total. The van der Waals surface area contributed by atoms with E-state index in [0.717, 1.165) is 28.8 Å². The normalized spacial score (nSPS) is 10.5. The maximum Gasteiger partial charge on any atom is 0.0908 e. The van der Waals surface area contributed by atoms with Crippen molar-refractivity contribution in [2.24, 2.45) is 0 Å². The maximum absolute atomic E-state index is 8.66. The van der Waals surface area contributed by atoms with E-state index in [-0.39, 0.29) is 6.61 Å². The monoisotopic (exact) mass is 336 g/mol. The molecule has 0 saturated carbocycles. The van der Waals surface area contributed by atoms with E-state index in [1.807, 2.05) is 61.7 Å². The van der Waals surface area contributed by atoms with Crippen LogP contribution >= 0.6 is 0 Å². The molecule has 5 heteroatoms. The van der Waals surface area contributed by atoms with Crippen molar-refractivity contribution in [2.75, 3.05) is 11.5 Å². The molecule has 3 rings (SSSR count). The van der Waals surface area contributed by atoms with Crippen LogP contribution in [0.5, 0.6) is 0 Å². The van der Waals surface area contributed by atoms with Crippen LogP contribution in [-0.4, -0.2) is 15.3 Å². The van der Waals surface area contributed by atoms with Gasteiger partial charge >= 0.3 is 0 Å². The number of H-pyrrole nitrogens is 1. The summed E-state index contributed by atoms with van der Waals surface area (Å²) in [6.07, 6.45) is 6.80. The third-order valence-electron chi connectivity index (χ3n) is 3.72. The molecule has 0 aliphatic rings. The van der Waals surface area contributed by atoms with Crippen molar-refractivity contribution in [3.05, 3.63) is 77.1 Å². The van der Waals surface area contributed by atoms with Crippen molar-refractivity contribution in [2.45, 2.75) is 20.0 Å². The number of aryl methyl sites for hydroxylation is 1. The van der Waals surface area contributed by atoms with Crippen LogP contribution in [0.1, 0.15) is 29.3 Å². The number of nitrogens with two attached hydrogens (primary N) is 2. The summed E-state index contributed by atoms with van der Waals surface area (Å²) < 4.78 is 0. The van der Waals surface area contributed by atoms with Gasteiger partial charge in [-0.15, -0.1) is 0 Å². The van der Waals surface area contributed by atoms with Crippen LogP contribution in [0.25, 0.3) is 12.2 Å². The molecule has 25 heavy (non-hydrogen) atoms. The number of rotatable bonds is 4. The van der Waals surface area contributed by atoms with E-state index in [4.69, 9.17) is 16.6 Å². The molecule has 0 bridgehead atoms. The topological polar surface area (TPSA) is 101 Å². The Labute approximate surface area is 148 Å². The molecule has 0 unspecified atom stereocenters. The highest BCUT2D eigenvalue weighted by Crippen LogP contribution is 2.17. The second kappa shape index (κ2) is 9.30. The highest BCUT2D eigenvalue weighted by molar-refractivity contribution is 5.74. The zero-order chi connectivity index (χ0) is 18.1. The first-order valence-corrected chi connectivity index (χ1v) is 8.14. The average Bonchev–Trinajstić information content (AvgIpc) is 3.12. The molecular weight excluding hydrogens is 312 g/mol. The van der Waals surface area contributed by atoms with Crippen LogP contribution in [0.15, 0.2) is 54.7 Å². The summed E-state index contributed by atoms with van der Waals surface area (Å²) >= 11 is 0. The lowest BCUT2D eigenvalue weighted by molar-refractivity contribution is 0.275. The number of anilines is 2. The van der Waals surface area contributed by atoms with E-state index >= 15 is 0 Å². The van der Waals surface area contributed by atoms with Crippen molar-refractivity contribution in [1.29, 1.82) is 0 Å². The van der Waals surface area contributed by atoms with Crippen molar-refractivity contribution < 1.29 is 5.11 Å². The van der Waals surface area contributed by atoms with Crippen molar-refractivity contribution >= 4 is 23.5 Å². The zero-order valence-corrected chi connectivity index (χ0v) is 14.3. The number of aromatic nitrogens is 2. The summed E-state index contributed by atoms with van der Waals surface area (Å²) in [5, 5.41) is 15.2. The van der Waals surface area contributed by atoms with Crippen LogP contribution < -0.4 is 11.5 Å². The fourth-order valence-electron chi connectivity index (χ4n) is 2.24. The number of nitrogens with one attached hydrogen (secondary N) is 1. The van der Waals surface area contributed by atoms with Crippen molar-refractivity contribution in [3.63, 3.8) is 0 Å². The quantitative estimate of drug-likeness (QED) is 0.433. The molecular formula is C20H24N4O. The van der Waals surface area contributed by atoms with Gasteiger partial charge in [-0.1, -0.05) is 55.5 Å². The van der Waals surface area contributed by atoms with Gasteiger partial charge in [-0.25, -0.2) is 0 Å². The van der Waals surface area contributed by atoms with Crippen LogP contribution in [0.4, 0.5) is 11.4 Å². The van der Waals surface area contributed by atoms with E-state index in [0.29, 0.717) is 11.4 Å². The van der Waals surface area contributed by atoms with Gasteiger partial charge < -0.3 is 16.6 Å². The number of aromatic amines is 1. The van der Waals surface area contributed by atoms with Gasteiger partial charge in [0.05, 0.1) is 23.7 Å². The summed E-state index contributed by atoms with van der Waals surface area (Å²) in [6, 6.07) is 15.8. The fraction of sp³-hybridized carbons (Fsp3) is 0.150. The molecule has 130 valence electrons. The molecule has 0 amide bonds. The van der Waals surface area contributed by atoms with Crippen molar-refractivity contribution in [3.8, 4) is 0 Å². The molecule has 1 heterocycles. The number of aliphatic hydroxyl groups is 1. The molecule has 1 aromatic heterocycles. The Balaban J connectivity index is 0.000000212. The zero-order valence-electron chi connectivity index (χ0n) is 14.3. The number of nitrogens with zero attached hydrogens (tertiary/aromatic N) is 1. The molecule has 5 nitrogen and oxygen atoms in total. The van der Waals surface area contributed by atoms with Gasteiger partial charge in [0, 0.05) is 6.20 Å². The first kappa shape index (κ1) is 18.3. The Morgan fingerprint density at radius 2 is 1.72 bits per heavy atom. The minimum atomic E-state index is 0.0344. The van der Waals surface area contributed by atoms with Gasteiger partial charge in [-0.3, -0.25) is 5.10 Å². The van der Waals surface area contributed by atoms with E-state index in [9.17, 15) is 0 Å². The lowest BCUT2D eigenvalue weighted by Gasteiger charge is -2.00. The van der Waals surface area contributed by atoms with E-state index in [1.165, 1.54) is 0 Å². The lowest BCUT2D eigenvalue weighted by Crippen LogP contribution is -1.93. The molecule has 0 fully saturated rings. The second-order valence-corrected chi connectivity index (χ2v) is 5.50. The number of benzene rings is 2. The highest BCUT2D eigenvalue weighted by atomic mass is 16.3. The van der Waals surface area contributed by atoms with Crippen LogP contribution in [0.2, 0.25) is 0 Å². The van der Waals surface area contributed by atoms with Gasteiger partial charge in [0.2, 0.25) is 0 Å². The predicted molar refractivity (Wildman–Crippen MR) is 105 cm³/mol. The smallest absolute Gasteiger partial charge is 0.0908 e. The number of hydrogen-bond acceptors (Lipinski definition) is 4. The Morgan fingerprint density at radius 1 is 1.00 bits per heavy atom. The summed E-state index contributed by atoms with van der Waals surface area (Å²) in [5.41, 5.74) is 16.7. The first-order valence-electron chi connectivity index (χ1n) is 8.14. The highest BCUT2D eigenvalue weighted by Gasteiger charge is 1.99. The van der Waals surface area contributed by atoms with E-state index in [1.54, 1.807) is 0 Å². The molecule has 0 atom stereocenters. The number of aliphatic hydroxyl groups excluding tert-OH is 1. The van der Waals surface area contributed by atoms with E-state index < -0.39 is 0 Å². The van der Waals surface area contributed by atoms with E-state index in [2.05, 4.69) is 22.3 Å². The fourth-order valence-corrected chi connectivity index (χ4v) is 2.24. The van der Waals surface area contributed by atoms with Crippen LogP contribution in [0, 0.1) is 0 Å². The van der Waals surface area contributed by atoms with Gasteiger partial charge in [0.25, 0.3) is 0 Å². The average molecular weight is 336 g/mol. The predicted octanol–water partition coefficient (Wildman–Crippen LogP) is 3.49. The summed E-state index contributed by atoms with van der Waals surface area (Å²) in [5.74, 6) is 0. The molecule has 3 aromatic rings. The molecule has 0 radical (unpaired) electrons. The van der Waals surface area contributed by atoms with Crippen LogP contribution in [-0.2, 0) is 13.0 Å². The Morgan fingerprint density at radius 3 is 2.32 bits per heavy atom. The molecule has 0 aliphatic heterocycles. The SMILES string of the molecule is CCc1c[nH]nc1CO.Nc1ccc(C=Cc2ccccc2)cc1N. The molecule has 2 aromatic carbocycles. The third kappa shape index (κ3) is 5.51. The minimum Gasteiger partial charge on any atom is -0.397 e. The number of nitrogen functional groups attached to an aromatic ring is 2. The molecule has 0 spiro atoms. The van der Waals surface area contributed by atoms with Crippen molar-refractivity contribution in [1.82, 2.24) is 10.2 Å². The standard InChI is InChI=1S/C14H14N2.C6H10N2O/c15-13-9-8-12(10-14(13)16)7-6-11-4-2-1-3-5-11;1-2-5-3-7-8-6(5)4-9/h1-10H,15-16H2;3,9H,2,4H2,1H3,(H,7,8). The second-order valence-electron chi connectivity index (χ2n) is 5.50. The van der Waals surface area contributed by atoms with Gasteiger partial charge in [-0.05, 0) is 35.2 Å². The summed E-state index contributed by atoms with van der Waals surface area (Å²) in [7, 11) is 0. The number of hydrogen-bond donors (Lipinski definition) is 4. The van der Waals surface area contributed by atoms with Gasteiger partial charge in [0.15, 0.2) is 0 Å². The summed E-state index contributed by atoms with van der Waals surface area (Å²) in [6.45, 7) is 2.07. The third-order valence-corrected chi connectivity index (χ3v) is 3.72. The lowest BCUT2D eigenvalue weighted by atomic mass is 10.1. The Kier molecular flexibility index (Phi) is 6.80. The Hall–Kier alpha value is -3.05. The first-order chi connectivity index (χ1) is 12.1. The van der Waals surface area contributed by atoms with Gasteiger partial charge in [0.1, 0.15) is 0 Å². The molecule has 0 saturated heterocycles. The molecule has 0 aliphatic carbocycles.